The molecule has 1 aliphatic rings. The van der Waals surface area contributed by atoms with E-state index in [1.807, 2.05) is 0 Å². The fourth-order valence-corrected chi connectivity index (χ4v) is 3.84. The quantitative estimate of drug-likeness (QED) is 0.219. The van der Waals surface area contributed by atoms with E-state index in [1.165, 1.54) is 6.08 Å². The van der Waals surface area contributed by atoms with Gasteiger partial charge in [0.25, 0.3) is 0 Å². The van der Waals surface area contributed by atoms with Crippen molar-refractivity contribution in [1.82, 2.24) is 0 Å². The molecule has 1 saturated carbocycles. The Morgan fingerprint density at radius 3 is 2.33 bits per heavy atom. The van der Waals surface area contributed by atoms with E-state index in [-0.39, 0.29) is 12.5 Å². The minimum atomic E-state index is -4.36. The van der Waals surface area contributed by atoms with Crippen molar-refractivity contribution in [3.63, 3.8) is 0 Å². The highest BCUT2D eigenvalue weighted by Gasteiger charge is 2.32. The van der Waals surface area contributed by atoms with Crippen LogP contribution >= 0.6 is 0 Å². The molecule has 1 fully saturated rings. The molecule has 0 atom stereocenters. The molecule has 194 valence electrons. The predicted molar refractivity (Wildman–Crippen MR) is 129 cm³/mol. The standard InChI is InChI=1S/C26H29F3N2O5/c27-26(28,29)16-35-21-10-5-19(6-11-21)25(33)36-22-8-1-17(2-9-22)3-12-24(32)34-14-13-18-4-7-20(30)15-23(18)31/h1-4,7-9,12,15,19,21H,5-6,10-11,13-14,16,30-31H2. The Morgan fingerprint density at radius 2 is 1.69 bits per heavy atom. The van der Waals surface area contributed by atoms with Gasteiger partial charge in [0.1, 0.15) is 12.4 Å². The molecule has 1 aliphatic carbocycles. The van der Waals surface area contributed by atoms with Gasteiger partial charge in [-0.1, -0.05) is 18.2 Å². The Hall–Kier alpha value is -3.53. The summed E-state index contributed by atoms with van der Waals surface area (Å²) in [5, 5.41) is 0. The molecule has 7 nitrogen and oxygen atoms in total. The van der Waals surface area contributed by atoms with Gasteiger partial charge in [0.15, 0.2) is 0 Å². The lowest BCUT2D eigenvalue weighted by Gasteiger charge is -2.27. The number of nitrogen functional groups attached to an aromatic ring is 2. The Kier molecular flexibility index (Phi) is 9.35. The number of carbonyl (C=O) groups excluding carboxylic acids is 2. The Morgan fingerprint density at radius 1 is 1.00 bits per heavy atom. The number of anilines is 2. The first kappa shape index (κ1) is 27.1. The molecular formula is C26H29F3N2O5. The maximum Gasteiger partial charge on any atom is 0.411 e. The maximum atomic E-state index is 12.4. The van der Waals surface area contributed by atoms with Gasteiger partial charge in [0.05, 0.1) is 18.6 Å². The average Bonchev–Trinajstić information content (AvgIpc) is 2.83. The zero-order chi connectivity index (χ0) is 26.1. The zero-order valence-corrected chi connectivity index (χ0v) is 19.6. The Balaban J connectivity index is 1.39. The normalized spacial score (nSPS) is 18.2. The van der Waals surface area contributed by atoms with E-state index in [9.17, 15) is 22.8 Å². The molecule has 10 heteroatoms. The van der Waals surface area contributed by atoms with Crippen LogP contribution < -0.4 is 16.2 Å². The minimum Gasteiger partial charge on any atom is -0.462 e. The van der Waals surface area contributed by atoms with Crippen LogP contribution in [0.4, 0.5) is 24.5 Å². The molecule has 0 bridgehead atoms. The number of hydrogen-bond donors (Lipinski definition) is 2. The first-order chi connectivity index (χ1) is 17.1. The number of nitrogens with two attached hydrogens (primary N) is 2. The highest BCUT2D eigenvalue weighted by Crippen LogP contribution is 2.29. The van der Waals surface area contributed by atoms with Crippen LogP contribution in [0.2, 0.25) is 0 Å². The third-order valence-corrected chi connectivity index (χ3v) is 5.79. The number of benzene rings is 2. The van der Waals surface area contributed by atoms with Crippen molar-refractivity contribution < 1.29 is 37.0 Å². The summed E-state index contributed by atoms with van der Waals surface area (Å²) in [6, 6.07) is 11.8. The molecule has 3 rings (SSSR count). The van der Waals surface area contributed by atoms with Crippen LogP contribution in [0.25, 0.3) is 6.08 Å². The van der Waals surface area contributed by atoms with E-state index in [0.717, 1.165) is 5.56 Å². The van der Waals surface area contributed by atoms with Crippen LogP contribution in [0.5, 0.6) is 5.75 Å². The second-order valence-electron chi connectivity index (χ2n) is 8.60. The average molecular weight is 507 g/mol. The second kappa shape index (κ2) is 12.4. The molecule has 0 unspecified atom stereocenters. The number of hydrogen-bond acceptors (Lipinski definition) is 7. The summed E-state index contributed by atoms with van der Waals surface area (Å²) >= 11 is 0. The molecular weight excluding hydrogens is 477 g/mol. The summed E-state index contributed by atoms with van der Waals surface area (Å²) < 4.78 is 52.3. The summed E-state index contributed by atoms with van der Waals surface area (Å²) in [6.45, 7) is -1.10. The van der Waals surface area contributed by atoms with Crippen molar-refractivity contribution in [3.8, 4) is 5.75 Å². The lowest BCUT2D eigenvalue weighted by molar-refractivity contribution is -0.189. The van der Waals surface area contributed by atoms with Gasteiger partial charge >= 0.3 is 18.1 Å². The Bertz CT molecular complexity index is 1060. The molecule has 2 aromatic rings. The van der Waals surface area contributed by atoms with Crippen LogP contribution in [0.1, 0.15) is 36.8 Å². The summed E-state index contributed by atoms with van der Waals surface area (Å²) in [5.74, 6) is -0.961. The zero-order valence-electron chi connectivity index (χ0n) is 19.6. The second-order valence-corrected chi connectivity index (χ2v) is 8.60. The van der Waals surface area contributed by atoms with Crippen LogP contribution in [0, 0.1) is 5.92 Å². The summed E-state index contributed by atoms with van der Waals surface area (Å²) in [6.07, 6.45) is 0.0690. The van der Waals surface area contributed by atoms with Gasteiger partial charge in [-0.25, -0.2) is 4.79 Å². The number of carbonyl (C=O) groups is 2. The van der Waals surface area contributed by atoms with Crippen molar-refractivity contribution >= 4 is 29.4 Å². The fraction of sp³-hybridized carbons (Fsp3) is 0.385. The molecule has 0 spiro atoms. The smallest absolute Gasteiger partial charge is 0.411 e. The van der Waals surface area contributed by atoms with Crippen molar-refractivity contribution in [3.05, 3.63) is 59.7 Å². The van der Waals surface area contributed by atoms with Gasteiger partial charge in [0.2, 0.25) is 0 Å². The first-order valence-corrected chi connectivity index (χ1v) is 11.6. The third kappa shape index (κ3) is 8.92. The van der Waals surface area contributed by atoms with E-state index in [1.54, 1.807) is 48.5 Å². The lowest BCUT2D eigenvalue weighted by atomic mass is 9.87. The number of ether oxygens (including phenoxy) is 3. The summed E-state index contributed by atoms with van der Waals surface area (Å²) in [7, 11) is 0. The topological polar surface area (TPSA) is 114 Å². The summed E-state index contributed by atoms with van der Waals surface area (Å²) in [5.41, 5.74) is 14.2. The largest absolute Gasteiger partial charge is 0.462 e. The third-order valence-electron chi connectivity index (χ3n) is 5.79. The van der Waals surface area contributed by atoms with Crippen LogP contribution in [0.15, 0.2) is 48.5 Å². The van der Waals surface area contributed by atoms with Crippen LogP contribution in [-0.2, 0) is 25.5 Å². The van der Waals surface area contributed by atoms with Gasteiger partial charge in [-0.15, -0.1) is 0 Å². The van der Waals surface area contributed by atoms with E-state index < -0.39 is 30.8 Å². The SMILES string of the molecule is Nc1ccc(CCOC(=O)C=Cc2ccc(OC(=O)C3CCC(OCC(F)(F)F)CC3)cc2)c(N)c1. The molecule has 0 aliphatic heterocycles. The number of halogens is 3. The van der Waals surface area contributed by atoms with E-state index >= 15 is 0 Å². The first-order valence-electron chi connectivity index (χ1n) is 11.6. The van der Waals surface area contributed by atoms with Crippen molar-refractivity contribution in [2.24, 2.45) is 5.92 Å². The Labute approximate surface area is 207 Å². The monoisotopic (exact) mass is 506 g/mol. The van der Waals surface area contributed by atoms with Gasteiger partial charge in [0, 0.05) is 23.9 Å². The number of rotatable bonds is 9. The van der Waals surface area contributed by atoms with E-state index in [0.29, 0.717) is 54.8 Å². The molecule has 0 aromatic heterocycles. The van der Waals surface area contributed by atoms with Crippen molar-refractivity contribution in [2.45, 2.75) is 44.4 Å². The molecule has 0 saturated heterocycles. The fourth-order valence-electron chi connectivity index (χ4n) is 3.84. The lowest BCUT2D eigenvalue weighted by Crippen LogP contribution is -2.31. The van der Waals surface area contributed by atoms with E-state index in [2.05, 4.69) is 0 Å². The van der Waals surface area contributed by atoms with Crippen molar-refractivity contribution in [2.75, 3.05) is 24.7 Å². The highest BCUT2D eigenvalue weighted by molar-refractivity contribution is 5.87. The highest BCUT2D eigenvalue weighted by atomic mass is 19.4. The van der Waals surface area contributed by atoms with Crippen LogP contribution in [-0.4, -0.2) is 37.4 Å². The molecule has 4 N–H and O–H groups in total. The van der Waals surface area contributed by atoms with Crippen molar-refractivity contribution in [1.29, 1.82) is 0 Å². The predicted octanol–water partition coefficient (Wildman–Crippen LogP) is 4.69. The van der Waals surface area contributed by atoms with Gasteiger partial charge in [-0.2, -0.15) is 13.2 Å². The maximum absolute atomic E-state index is 12.4. The molecule has 0 radical (unpaired) electrons. The van der Waals surface area contributed by atoms with Gasteiger partial charge in [-0.3, -0.25) is 4.79 Å². The minimum absolute atomic E-state index is 0.169. The van der Waals surface area contributed by atoms with E-state index in [4.69, 9.17) is 25.7 Å². The number of esters is 2. The molecule has 2 aromatic carbocycles. The molecule has 0 heterocycles. The van der Waals surface area contributed by atoms with Gasteiger partial charge in [-0.05, 0) is 67.2 Å². The summed E-state index contributed by atoms with van der Waals surface area (Å²) in [4.78, 5) is 24.4. The van der Waals surface area contributed by atoms with Crippen LogP contribution in [0.3, 0.4) is 0 Å². The van der Waals surface area contributed by atoms with Gasteiger partial charge < -0.3 is 25.7 Å². The molecule has 0 amide bonds. The number of alkyl halides is 3. The molecule has 36 heavy (non-hydrogen) atoms.